The van der Waals surface area contributed by atoms with Gasteiger partial charge < -0.3 is 18.4 Å². The first-order chi connectivity index (χ1) is 17.9. The molecule has 3 aliphatic rings. The number of amides is 2. The molecule has 1 unspecified atom stereocenters. The van der Waals surface area contributed by atoms with Crippen molar-refractivity contribution in [3.05, 3.63) is 41.6 Å². The predicted octanol–water partition coefficient (Wildman–Crippen LogP) is 6.03. The molecule has 1 aromatic carbocycles. The lowest BCUT2D eigenvalue weighted by Gasteiger charge is -2.46. The van der Waals surface area contributed by atoms with Gasteiger partial charge in [0, 0.05) is 19.7 Å². The fraction of sp³-hybridized carbons (Fsp3) is 0.621. The van der Waals surface area contributed by atoms with Crippen molar-refractivity contribution in [2.75, 3.05) is 19.7 Å². The van der Waals surface area contributed by atoms with Crippen LogP contribution in [0.15, 0.2) is 40.9 Å². The monoisotopic (exact) mass is 558 g/mol. The molecular formula is C29H42N2O5SSi. The van der Waals surface area contributed by atoms with E-state index in [4.69, 9.17) is 8.61 Å². The molecule has 7 nitrogen and oxygen atoms in total. The third-order valence-corrected chi connectivity index (χ3v) is 13.9. The average Bonchev–Trinajstić information content (AvgIpc) is 3.00. The molecule has 0 aliphatic carbocycles. The van der Waals surface area contributed by atoms with Crippen LogP contribution in [0.25, 0.3) is 0 Å². The fourth-order valence-corrected chi connectivity index (χ4v) is 6.97. The van der Waals surface area contributed by atoms with Gasteiger partial charge in [-0.15, -0.1) is 0 Å². The van der Waals surface area contributed by atoms with Crippen molar-refractivity contribution >= 4 is 38.1 Å². The number of nitrogens with zero attached hydrogens (tertiary/aromatic N) is 2. The van der Waals surface area contributed by atoms with E-state index in [2.05, 4.69) is 33.9 Å². The molecule has 208 valence electrons. The predicted molar refractivity (Wildman–Crippen MR) is 152 cm³/mol. The lowest BCUT2D eigenvalue weighted by molar-refractivity contribution is -0.156. The van der Waals surface area contributed by atoms with Crippen molar-refractivity contribution in [2.45, 2.75) is 88.9 Å². The number of benzene rings is 1. The second-order valence-corrected chi connectivity index (χ2v) is 17.9. The number of rotatable bonds is 8. The van der Waals surface area contributed by atoms with Gasteiger partial charge in [-0.2, -0.15) is 0 Å². The third kappa shape index (κ3) is 5.89. The van der Waals surface area contributed by atoms with E-state index in [9.17, 15) is 14.4 Å². The molecule has 0 bridgehead atoms. The Morgan fingerprint density at radius 1 is 1.08 bits per heavy atom. The van der Waals surface area contributed by atoms with Gasteiger partial charge in [-0.05, 0) is 61.5 Å². The molecule has 38 heavy (non-hydrogen) atoms. The van der Waals surface area contributed by atoms with E-state index >= 15 is 0 Å². The van der Waals surface area contributed by atoms with Crippen LogP contribution in [0.3, 0.4) is 0 Å². The molecule has 0 aromatic heterocycles. The Bertz CT molecular complexity index is 1090. The molecule has 1 aromatic rings. The maximum Gasteiger partial charge on any atom is 0.367 e. The van der Waals surface area contributed by atoms with Gasteiger partial charge in [0.15, 0.2) is 8.32 Å². The fourth-order valence-electron chi connectivity index (χ4n) is 5.28. The molecular weight excluding hydrogens is 516 g/mol. The van der Waals surface area contributed by atoms with E-state index in [0.717, 1.165) is 50.8 Å². The van der Waals surface area contributed by atoms with Gasteiger partial charge in [0.05, 0.1) is 34.5 Å². The number of hydrogen-bond acceptors (Lipinski definition) is 6. The second-order valence-electron chi connectivity index (χ2n) is 12.3. The van der Waals surface area contributed by atoms with Gasteiger partial charge in [-0.3, -0.25) is 9.59 Å². The molecule has 2 fully saturated rings. The minimum atomic E-state index is -1.88. The third-order valence-electron chi connectivity index (χ3n) is 8.61. The number of carbonyl (C=O) groups is 3. The van der Waals surface area contributed by atoms with Gasteiger partial charge in [0.1, 0.15) is 5.70 Å². The van der Waals surface area contributed by atoms with Crippen molar-refractivity contribution < 1.29 is 23.0 Å². The molecule has 0 saturated carbocycles. The van der Waals surface area contributed by atoms with E-state index in [1.165, 1.54) is 0 Å². The Morgan fingerprint density at radius 2 is 1.74 bits per heavy atom. The summed E-state index contributed by atoms with van der Waals surface area (Å²) in [5.41, 5.74) is 0.846. The van der Waals surface area contributed by atoms with Crippen LogP contribution in [-0.4, -0.2) is 61.6 Å². The van der Waals surface area contributed by atoms with Crippen LogP contribution in [0, 0.1) is 11.8 Å². The summed E-state index contributed by atoms with van der Waals surface area (Å²) in [6.45, 7) is 15.1. The Kier molecular flexibility index (Phi) is 8.79. The Balaban J connectivity index is 1.34. The maximum absolute atomic E-state index is 13.2. The normalized spacial score (nSPS) is 23.9. The highest BCUT2D eigenvalue weighted by Crippen LogP contribution is 2.45. The Labute approximate surface area is 232 Å². The topological polar surface area (TPSA) is 76.2 Å². The van der Waals surface area contributed by atoms with E-state index in [1.54, 1.807) is 17.0 Å². The van der Waals surface area contributed by atoms with Gasteiger partial charge in [-0.1, -0.05) is 52.7 Å². The number of likely N-dealkylation sites (tertiary alicyclic amines) is 1. The lowest BCUT2D eigenvalue weighted by Crippen LogP contribution is -2.60. The maximum atomic E-state index is 13.2. The zero-order chi connectivity index (χ0) is 27.7. The largest absolute Gasteiger partial charge is 0.417 e. The van der Waals surface area contributed by atoms with Crippen molar-refractivity contribution in [1.82, 2.24) is 9.80 Å². The smallest absolute Gasteiger partial charge is 0.367 e. The zero-order valence-corrected chi connectivity index (χ0v) is 25.4. The van der Waals surface area contributed by atoms with Crippen LogP contribution in [0.4, 0.5) is 0 Å². The summed E-state index contributed by atoms with van der Waals surface area (Å²) < 4.78 is 11.9. The van der Waals surface area contributed by atoms with Crippen molar-refractivity contribution in [2.24, 2.45) is 11.8 Å². The van der Waals surface area contributed by atoms with Crippen molar-refractivity contribution in [1.29, 1.82) is 0 Å². The molecule has 3 aliphatic heterocycles. The Morgan fingerprint density at radius 3 is 2.39 bits per heavy atom. The molecule has 4 rings (SSSR count). The highest BCUT2D eigenvalue weighted by atomic mass is 32.2. The standard InChI is InChI=1S/C29H42N2O5SSi/c1-20-19-23(31-25(20)22(27(31)33)15-18-35-38(5,6)29(2,3)4)28(34)36-37-24-14-10-9-13-21(24)26(32)30-16-11-7-8-12-17-30/h9-10,13-14,19-20,22,25H,7-8,11-12,15-18H2,1-6H3/t20-,22?,25+/m1/s1. The number of β-lactam (4-membered cyclic amide) rings is 1. The van der Waals surface area contributed by atoms with Gasteiger partial charge in [-0.25, -0.2) is 4.79 Å². The van der Waals surface area contributed by atoms with Crippen LogP contribution in [0.2, 0.25) is 18.1 Å². The average molecular weight is 559 g/mol. The first kappa shape index (κ1) is 28.9. The van der Waals surface area contributed by atoms with E-state index in [1.807, 2.05) is 30.0 Å². The second kappa shape index (κ2) is 11.6. The van der Waals surface area contributed by atoms with Crippen LogP contribution < -0.4 is 0 Å². The number of carbonyl (C=O) groups excluding carboxylic acids is 3. The molecule has 2 amide bonds. The van der Waals surface area contributed by atoms with Crippen LogP contribution in [-0.2, 0) is 18.2 Å². The summed E-state index contributed by atoms with van der Waals surface area (Å²) in [5, 5.41) is 0.121. The molecule has 0 spiro atoms. The quantitative estimate of drug-likeness (QED) is 0.220. The first-order valence-corrected chi connectivity index (χ1v) is 17.5. The summed E-state index contributed by atoms with van der Waals surface area (Å²) in [6.07, 6.45) is 6.81. The summed E-state index contributed by atoms with van der Waals surface area (Å²) in [6, 6.07) is 7.21. The lowest BCUT2D eigenvalue weighted by atomic mass is 9.80. The van der Waals surface area contributed by atoms with E-state index in [0.29, 0.717) is 29.2 Å². The van der Waals surface area contributed by atoms with Crippen molar-refractivity contribution in [3.8, 4) is 0 Å². The van der Waals surface area contributed by atoms with Gasteiger partial charge >= 0.3 is 5.97 Å². The van der Waals surface area contributed by atoms with Crippen LogP contribution >= 0.6 is 12.0 Å². The molecule has 0 radical (unpaired) electrons. The van der Waals surface area contributed by atoms with E-state index in [-0.39, 0.29) is 34.7 Å². The molecule has 3 atom stereocenters. The highest BCUT2D eigenvalue weighted by molar-refractivity contribution is 7.95. The Hall–Kier alpha value is -2.10. The van der Waals surface area contributed by atoms with Crippen LogP contribution in [0.1, 0.15) is 70.2 Å². The van der Waals surface area contributed by atoms with Gasteiger partial charge in [0.2, 0.25) is 5.91 Å². The first-order valence-electron chi connectivity index (χ1n) is 13.9. The highest BCUT2D eigenvalue weighted by Gasteiger charge is 2.55. The molecule has 0 N–H and O–H groups in total. The summed E-state index contributed by atoms with van der Waals surface area (Å²) in [7, 11) is -1.88. The van der Waals surface area contributed by atoms with E-state index < -0.39 is 14.3 Å². The molecule has 2 saturated heterocycles. The summed E-state index contributed by atoms with van der Waals surface area (Å²) in [5.74, 6) is -0.694. The van der Waals surface area contributed by atoms with Crippen molar-refractivity contribution in [3.63, 3.8) is 0 Å². The van der Waals surface area contributed by atoms with Crippen LogP contribution in [0.5, 0.6) is 0 Å². The van der Waals surface area contributed by atoms with Gasteiger partial charge in [0.25, 0.3) is 5.91 Å². The summed E-state index contributed by atoms with van der Waals surface area (Å²) >= 11 is 0.898. The minimum Gasteiger partial charge on any atom is -0.417 e. The molecule has 9 heteroatoms. The number of fused-ring (bicyclic) bond motifs is 1. The number of hydrogen-bond donors (Lipinski definition) is 0. The minimum absolute atomic E-state index is 0.0273. The SMILES string of the molecule is C[C@@H]1C=C(C(=O)OSc2ccccc2C(=O)N2CCCCCC2)N2C(=O)C(CCO[Si](C)(C)C(C)(C)C)[C@H]12. The molecule has 3 heterocycles. The zero-order valence-electron chi connectivity index (χ0n) is 23.6. The summed E-state index contributed by atoms with van der Waals surface area (Å²) in [4.78, 5) is 43.4.